The zero-order valence-corrected chi connectivity index (χ0v) is 30.7. The molecular formula is C54H37NO. The molecule has 1 aromatic heterocycles. The summed E-state index contributed by atoms with van der Waals surface area (Å²) < 4.78 is 6.84. The van der Waals surface area contributed by atoms with Crippen molar-refractivity contribution in [1.29, 1.82) is 0 Å². The molecule has 0 amide bonds. The standard InChI is InChI=1S/C54H37NO/c1-4-16-38(17-5-1)45-22-10-12-24-47(45)41-28-32-43(33-29-41)55(44-34-30-42(31-35-44)48-25-13-11-23-46(48)39-18-6-2-7-19-39)51-37-36-49(40-20-8-3-9-21-40)53-50-26-14-15-27-52(50)56-54(51)53/h1-37H. The molecule has 0 aliphatic rings. The van der Waals surface area contributed by atoms with Gasteiger partial charge in [0.25, 0.3) is 0 Å². The first-order chi connectivity index (χ1) is 27.8. The zero-order valence-electron chi connectivity index (χ0n) is 30.7. The zero-order chi connectivity index (χ0) is 37.3. The first-order valence-electron chi connectivity index (χ1n) is 19.1. The van der Waals surface area contributed by atoms with Crippen molar-refractivity contribution >= 4 is 39.0 Å². The quantitative estimate of drug-likeness (QED) is 0.156. The van der Waals surface area contributed by atoms with E-state index in [-0.39, 0.29) is 0 Å². The van der Waals surface area contributed by atoms with E-state index in [1.54, 1.807) is 0 Å². The summed E-state index contributed by atoms with van der Waals surface area (Å²) in [6.07, 6.45) is 0. The van der Waals surface area contributed by atoms with Gasteiger partial charge in [-0.15, -0.1) is 0 Å². The highest BCUT2D eigenvalue weighted by Gasteiger charge is 2.22. The molecule has 0 aliphatic carbocycles. The van der Waals surface area contributed by atoms with Crippen molar-refractivity contribution in [2.45, 2.75) is 0 Å². The molecule has 10 aromatic rings. The Bertz CT molecular complexity index is 2800. The summed E-state index contributed by atoms with van der Waals surface area (Å²) in [5.41, 5.74) is 16.6. The van der Waals surface area contributed by atoms with Crippen LogP contribution >= 0.6 is 0 Å². The predicted molar refractivity (Wildman–Crippen MR) is 236 cm³/mol. The highest BCUT2D eigenvalue weighted by molar-refractivity contribution is 6.16. The maximum absolute atomic E-state index is 6.84. The van der Waals surface area contributed by atoms with E-state index in [0.717, 1.165) is 61.3 Å². The first kappa shape index (κ1) is 33.2. The Labute approximate surface area is 327 Å². The SMILES string of the molecule is c1ccc(-c2ccccc2-c2ccc(N(c3ccc(-c4ccccc4-c4ccccc4)cc3)c3ccc(-c4ccccc4)c4c3oc3ccccc34)cc2)cc1. The van der Waals surface area contributed by atoms with Crippen LogP contribution in [0.3, 0.4) is 0 Å². The van der Waals surface area contributed by atoms with Gasteiger partial charge in [-0.05, 0) is 92.0 Å². The minimum Gasteiger partial charge on any atom is -0.454 e. The van der Waals surface area contributed by atoms with Crippen molar-refractivity contribution in [1.82, 2.24) is 0 Å². The molecule has 0 saturated heterocycles. The second kappa shape index (κ2) is 14.4. The molecule has 10 rings (SSSR count). The third kappa shape index (κ3) is 6.04. The maximum atomic E-state index is 6.84. The molecule has 0 spiro atoms. The Morgan fingerprint density at radius 3 is 1.12 bits per heavy atom. The van der Waals surface area contributed by atoms with Crippen molar-refractivity contribution in [3.63, 3.8) is 0 Å². The minimum absolute atomic E-state index is 0.851. The van der Waals surface area contributed by atoms with Crippen LogP contribution in [0.2, 0.25) is 0 Å². The number of hydrogen-bond donors (Lipinski definition) is 0. The van der Waals surface area contributed by atoms with E-state index in [4.69, 9.17) is 4.42 Å². The smallest absolute Gasteiger partial charge is 0.160 e. The van der Waals surface area contributed by atoms with E-state index >= 15 is 0 Å². The van der Waals surface area contributed by atoms with Gasteiger partial charge in [0, 0.05) is 22.1 Å². The molecule has 0 radical (unpaired) electrons. The number of benzene rings is 9. The molecule has 0 unspecified atom stereocenters. The lowest BCUT2D eigenvalue weighted by molar-refractivity contribution is 0.669. The van der Waals surface area contributed by atoms with Gasteiger partial charge in [0.2, 0.25) is 0 Å². The van der Waals surface area contributed by atoms with Gasteiger partial charge in [-0.25, -0.2) is 0 Å². The molecule has 0 N–H and O–H groups in total. The number of anilines is 3. The lowest BCUT2D eigenvalue weighted by Gasteiger charge is -2.26. The Morgan fingerprint density at radius 2 is 0.661 bits per heavy atom. The van der Waals surface area contributed by atoms with E-state index in [2.05, 4.69) is 223 Å². The maximum Gasteiger partial charge on any atom is 0.160 e. The Morgan fingerprint density at radius 1 is 0.286 bits per heavy atom. The second-order valence-electron chi connectivity index (χ2n) is 14.1. The summed E-state index contributed by atoms with van der Waals surface area (Å²) in [7, 11) is 0. The third-order valence-corrected chi connectivity index (χ3v) is 10.7. The van der Waals surface area contributed by atoms with E-state index in [9.17, 15) is 0 Å². The normalized spacial score (nSPS) is 11.2. The molecule has 264 valence electrons. The Hall–Kier alpha value is -7.42. The number of furan rings is 1. The topological polar surface area (TPSA) is 16.4 Å². The largest absolute Gasteiger partial charge is 0.454 e. The van der Waals surface area contributed by atoms with Gasteiger partial charge in [-0.2, -0.15) is 0 Å². The predicted octanol–water partition coefficient (Wildman–Crippen LogP) is 15.4. The van der Waals surface area contributed by atoms with Crippen LogP contribution in [0.5, 0.6) is 0 Å². The number of hydrogen-bond acceptors (Lipinski definition) is 2. The number of nitrogens with zero attached hydrogens (tertiary/aromatic N) is 1. The van der Waals surface area contributed by atoms with Gasteiger partial charge in [-0.3, -0.25) is 0 Å². The monoisotopic (exact) mass is 715 g/mol. The molecule has 9 aromatic carbocycles. The van der Waals surface area contributed by atoms with Crippen molar-refractivity contribution in [3.8, 4) is 55.6 Å². The Balaban J connectivity index is 1.14. The highest BCUT2D eigenvalue weighted by atomic mass is 16.3. The van der Waals surface area contributed by atoms with Crippen LogP contribution in [0.4, 0.5) is 17.1 Å². The lowest BCUT2D eigenvalue weighted by atomic mass is 9.94. The fourth-order valence-corrected chi connectivity index (χ4v) is 8.06. The molecule has 0 fully saturated rings. The average Bonchev–Trinajstić information content (AvgIpc) is 3.68. The van der Waals surface area contributed by atoms with Gasteiger partial charge in [0.05, 0.1) is 5.69 Å². The van der Waals surface area contributed by atoms with Crippen molar-refractivity contribution in [3.05, 3.63) is 224 Å². The lowest BCUT2D eigenvalue weighted by Crippen LogP contribution is -2.10. The van der Waals surface area contributed by atoms with Crippen LogP contribution in [-0.2, 0) is 0 Å². The fourth-order valence-electron chi connectivity index (χ4n) is 8.06. The van der Waals surface area contributed by atoms with Crippen LogP contribution in [-0.4, -0.2) is 0 Å². The van der Waals surface area contributed by atoms with Crippen molar-refractivity contribution < 1.29 is 4.42 Å². The molecule has 1 heterocycles. The average molecular weight is 716 g/mol. The highest BCUT2D eigenvalue weighted by Crippen LogP contribution is 2.46. The summed E-state index contributed by atoms with van der Waals surface area (Å²) >= 11 is 0. The van der Waals surface area contributed by atoms with Gasteiger partial charge < -0.3 is 9.32 Å². The second-order valence-corrected chi connectivity index (χ2v) is 14.1. The van der Waals surface area contributed by atoms with Crippen LogP contribution in [0.25, 0.3) is 77.6 Å². The molecule has 0 aliphatic heterocycles. The van der Waals surface area contributed by atoms with Gasteiger partial charge in [0.1, 0.15) is 5.58 Å². The number of fused-ring (bicyclic) bond motifs is 3. The molecule has 2 heteroatoms. The molecular weight excluding hydrogens is 679 g/mol. The van der Waals surface area contributed by atoms with E-state index in [1.807, 2.05) is 6.07 Å². The van der Waals surface area contributed by atoms with Crippen LogP contribution in [0.1, 0.15) is 0 Å². The van der Waals surface area contributed by atoms with Crippen LogP contribution in [0.15, 0.2) is 229 Å². The summed E-state index contributed by atoms with van der Waals surface area (Å²) in [6.45, 7) is 0. The molecule has 2 nitrogen and oxygen atoms in total. The Kier molecular flexibility index (Phi) is 8.55. The van der Waals surface area contributed by atoms with Crippen molar-refractivity contribution in [2.24, 2.45) is 0 Å². The first-order valence-corrected chi connectivity index (χ1v) is 19.1. The molecule has 56 heavy (non-hydrogen) atoms. The van der Waals surface area contributed by atoms with Gasteiger partial charge in [0.15, 0.2) is 5.58 Å². The number of rotatable bonds is 8. The summed E-state index contributed by atoms with van der Waals surface area (Å²) in [5, 5.41) is 2.21. The molecule has 0 atom stereocenters. The summed E-state index contributed by atoms with van der Waals surface area (Å²) in [5.74, 6) is 0. The van der Waals surface area contributed by atoms with Gasteiger partial charge in [-0.1, -0.05) is 188 Å². The van der Waals surface area contributed by atoms with E-state index < -0.39 is 0 Å². The van der Waals surface area contributed by atoms with Crippen molar-refractivity contribution in [2.75, 3.05) is 4.90 Å². The molecule has 0 bridgehead atoms. The number of para-hydroxylation sites is 1. The minimum atomic E-state index is 0.851. The molecule has 0 saturated carbocycles. The summed E-state index contributed by atoms with van der Waals surface area (Å²) in [4.78, 5) is 2.33. The van der Waals surface area contributed by atoms with E-state index in [1.165, 1.54) is 33.4 Å². The summed E-state index contributed by atoms with van der Waals surface area (Å²) in [6, 6.07) is 79.8. The third-order valence-electron chi connectivity index (χ3n) is 10.7. The fraction of sp³-hybridized carbons (Fsp3) is 0. The van der Waals surface area contributed by atoms with Gasteiger partial charge >= 0.3 is 0 Å². The van der Waals surface area contributed by atoms with Crippen LogP contribution in [0, 0.1) is 0 Å². The van der Waals surface area contributed by atoms with E-state index in [0.29, 0.717) is 0 Å². The van der Waals surface area contributed by atoms with Crippen LogP contribution < -0.4 is 4.90 Å².